The zero-order valence-corrected chi connectivity index (χ0v) is 18.8. The van der Waals surface area contributed by atoms with E-state index >= 15 is 0 Å². The molecule has 1 aliphatic rings. The summed E-state index contributed by atoms with van der Waals surface area (Å²) in [5, 5.41) is 13.9. The Morgan fingerprint density at radius 2 is 1.74 bits per heavy atom. The van der Waals surface area contributed by atoms with Crippen LogP contribution in [0.4, 0.5) is 5.69 Å². The van der Waals surface area contributed by atoms with Gasteiger partial charge in [-0.2, -0.15) is 0 Å². The quantitative estimate of drug-likeness (QED) is 0.488. The van der Waals surface area contributed by atoms with Gasteiger partial charge >= 0.3 is 5.97 Å². The molecule has 0 radical (unpaired) electrons. The highest BCUT2D eigenvalue weighted by atomic mass is 35.5. The zero-order valence-electron chi connectivity index (χ0n) is 16.5. The van der Waals surface area contributed by atoms with Gasteiger partial charge in [-0.1, -0.05) is 53.5 Å². The Hall–Kier alpha value is -2.38. The molecule has 1 saturated heterocycles. The van der Waals surface area contributed by atoms with Crippen LogP contribution in [0, 0.1) is 0 Å². The van der Waals surface area contributed by atoms with Crippen LogP contribution in [-0.4, -0.2) is 36.1 Å². The molecular formula is C23H20Cl2N2O3S. The molecule has 3 aromatic rings. The van der Waals surface area contributed by atoms with Crippen molar-refractivity contribution in [2.75, 3.05) is 18.0 Å². The molecule has 2 heterocycles. The summed E-state index contributed by atoms with van der Waals surface area (Å²) in [6.07, 6.45) is 1.43. The molecule has 0 saturated carbocycles. The highest BCUT2D eigenvalue weighted by Gasteiger charge is 2.33. The third kappa shape index (κ3) is 4.62. The lowest BCUT2D eigenvalue weighted by atomic mass is 10.0. The predicted octanol–water partition coefficient (Wildman–Crippen LogP) is 5.82. The first kappa shape index (κ1) is 21.8. The first-order valence-corrected chi connectivity index (χ1v) is 11.4. The largest absolute Gasteiger partial charge is 0.477 e. The highest BCUT2D eigenvalue weighted by Crippen LogP contribution is 2.39. The van der Waals surface area contributed by atoms with Crippen LogP contribution in [0.5, 0.6) is 0 Å². The van der Waals surface area contributed by atoms with Gasteiger partial charge in [-0.05, 0) is 55.8 Å². The van der Waals surface area contributed by atoms with Crippen molar-refractivity contribution in [1.82, 2.24) is 5.32 Å². The van der Waals surface area contributed by atoms with Crippen molar-refractivity contribution in [3.63, 3.8) is 0 Å². The minimum atomic E-state index is -1.06. The van der Waals surface area contributed by atoms with Gasteiger partial charge in [-0.25, -0.2) is 4.79 Å². The Bertz CT molecular complexity index is 1110. The van der Waals surface area contributed by atoms with Crippen molar-refractivity contribution in [2.45, 2.75) is 18.9 Å². The molecule has 1 aliphatic heterocycles. The first-order valence-electron chi connectivity index (χ1n) is 9.87. The number of amides is 1. The average molecular weight is 475 g/mol. The Morgan fingerprint density at radius 3 is 2.39 bits per heavy atom. The maximum atomic E-state index is 13.7. The fourth-order valence-corrected chi connectivity index (χ4v) is 5.27. The lowest BCUT2D eigenvalue weighted by Crippen LogP contribution is -2.46. The first-order chi connectivity index (χ1) is 15.0. The van der Waals surface area contributed by atoms with Gasteiger partial charge in [-0.3, -0.25) is 4.79 Å². The topological polar surface area (TPSA) is 69.6 Å². The number of piperidine rings is 1. The number of thiophene rings is 1. The number of anilines is 1. The number of aromatic carboxylic acids is 1. The summed E-state index contributed by atoms with van der Waals surface area (Å²) in [6.45, 7) is 1.50. The molecule has 2 aromatic carbocycles. The number of rotatable bonds is 5. The number of benzene rings is 2. The SMILES string of the molecule is O=C(O)c1sc(-c2ccccc2)cc1N(C(=O)c1ccc(Cl)cc1Cl)C1CCNCC1. The summed E-state index contributed by atoms with van der Waals surface area (Å²) >= 11 is 13.5. The molecule has 8 heteroatoms. The van der Waals surface area contributed by atoms with Crippen molar-refractivity contribution in [1.29, 1.82) is 0 Å². The van der Waals surface area contributed by atoms with Gasteiger partial charge in [0.25, 0.3) is 5.91 Å². The van der Waals surface area contributed by atoms with Crippen molar-refractivity contribution >= 4 is 52.1 Å². The molecule has 0 aliphatic carbocycles. The van der Waals surface area contributed by atoms with Crippen LogP contribution >= 0.6 is 34.5 Å². The van der Waals surface area contributed by atoms with E-state index in [9.17, 15) is 14.7 Å². The lowest BCUT2D eigenvalue weighted by Gasteiger charge is -2.34. The molecule has 5 nitrogen and oxygen atoms in total. The predicted molar refractivity (Wildman–Crippen MR) is 126 cm³/mol. The Kier molecular flexibility index (Phi) is 6.62. The maximum absolute atomic E-state index is 13.7. The summed E-state index contributed by atoms with van der Waals surface area (Å²) in [7, 11) is 0. The van der Waals surface area contributed by atoms with Gasteiger partial charge in [-0.15, -0.1) is 11.3 Å². The number of hydrogen-bond acceptors (Lipinski definition) is 4. The van der Waals surface area contributed by atoms with E-state index in [4.69, 9.17) is 23.2 Å². The Labute approximate surface area is 194 Å². The number of nitrogens with zero attached hydrogens (tertiary/aromatic N) is 1. The van der Waals surface area contributed by atoms with Gasteiger partial charge in [0.1, 0.15) is 4.88 Å². The summed E-state index contributed by atoms with van der Waals surface area (Å²) < 4.78 is 0. The fraction of sp³-hybridized carbons (Fsp3) is 0.217. The minimum Gasteiger partial charge on any atom is -0.477 e. The molecule has 1 aromatic heterocycles. The summed E-state index contributed by atoms with van der Waals surface area (Å²) in [4.78, 5) is 28.4. The summed E-state index contributed by atoms with van der Waals surface area (Å²) in [6, 6.07) is 15.9. The standard InChI is InChI=1S/C23H20Cl2N2O3S/c24-15-6-7-17(18(25)12-15)22(28)27(16-8-10-26-11-9-16)19-13-20(31-21(19)23(29)30)14-4-2-1-3-5-14/h1-7,12-13,16,26H,8-11H2,(H,29,30). The normalized spacial score (nSPS) is 14.4. The van der Waals surface area contributed by atoms with Gasteiger partial charge in [0.05, 0.1) is 16.3 Å². The van der Waals surface area contributed by atoms with Crippen LogP contribution in [-0.2, 0) is 0 Å². The summed E-state index contributed by atoms with van der Waals surface area (Å²) in [5.41, 5.74) is 1.61. The van der Waals surface area contributed by atoms with Crippen LogP contribution in [0.25, 0.3) is 10.4 Å². The third-order valence-electron chi connectivity index (χ3n) is 5.28. The summed E-state index contributed by atoms with van der Waals surface area (Å²) in [5.74, 6) is -1.38. The van der Waals surface area contributed by atoms with E-state index in [0.29, 0.717) is 29.1 Å². The Balaban J connectivity index is 1.84. The van der Waals surface area contributed by atoms with E-state index in [-0.39, 0.29) is 21.8 Å². The van der Waals surface area contributed by atoms with Crippen LogP contribution in [0.1, 0.15) is 32.9 Å². The minimum absolute atomic E-state index is 0.135. The number of carbonyl (C=O) groups is 2. The molecule has 0 unspecified atom stereocenters. The van der Waals surface area contributed by atoms with E-state index in [2.05, 4.69) is 5.32 Å². The van der Waals surface area contributed by atoms with Crippen LogP contribution < -0.4 is 10.2 Å². The van der Waals surface area contributed by atoms with E-state index in [0.717, 1.165) is 23.5 Å². The molecular weight excluding hydrogens is 455 g/mol. The molecule has 1 amide bonds. The van der Waals surface area contributed by atoms with Crippen LogP contribution in [0.2, 0.25) is 10.0 Å². The number of carboxylic acid groups (broad SMARTS) is 1. The monoisotopic (exact) mass is 474 g/mol. The highest BCUT2D eigenvalue weighted by molar-refractivity contribution is 7.18. The fourth-order valence-electron chi connectivity index (χ4n) is 3.79. The molecule has 1 fully saturated rings. The number of carboxylic acids is 1. The molecule has 2 N–H and O–H groups in total. The Morgan fingerprint density at radius 1 is 1.03 bits per heavy atom. The van der Waals surface area contributed by atoms with Gasteiger partial charge in [0.15, 0.2) is 0 Å². The smallest absolute Gasteiger partial charge is 0.348 e. The van der Waals surface area contributed by atoms with Crippen molar-refractivity contribution in [2.24, 2.45) is 0 Å². The molecule has 0 spiro atoms. The second-order valence-corrected chi connectivity index (χ2v) is 9.17. The molecule has 31 heavy (non-hydrogen) atoms. The van der Waals surface area contributed by atoms with Gasteiger partial charge < -0.3 is 15.3 Å². The van der Waals surface area contributed by atoms with Crippen molar-refractivity contribution in [3.05, 3.63) is 75.1 Å². The van der Waals surface area contributed by atoms with Crippen molar-refractivity contribution in [3.8, 4) is 10.4 Å². The number of carbonyl (C=O) groups excluding carboxylic acids is 1. The van der Waals surface area contributed by atoms with E-state index in [1.54, 1.807) is 23.1 Å². The lowest BCUT2D eigenvalue weighted by molar-refractivity contribution is 0.0703. The molecule has 160 valence electrons. The van der Waals surface area contributed by atoms with Gasteiger partial charge in [0.2, 0.25) is 0 Å². The van der Waals surface area contributed by atoms with E-state index in [1.807, 2.05) is 30.3 Å². The average Bonchev–Trinajstić information content (AvgIpc) is 3.20. The second-order valence-electron chi connectivity index (χ2n) is 7.28. The zero-order chi connectivity index (χ0) is 22.0. The number of hydrogen-bond donors (Lipinski definition) is 2. The van der Waals surface area contributed by atoms with Crippen LogP contribution in [0.3, 0.4) is 0 Å². The molecule has 0 bridgehead atoms. The third-order valence-corrected chi connectivity index (χ3v) is 6.99. The van der Waals surface area contributed by atoms with Crippen molar-refractivity contribution < 1.29 is 14.7 Å². The maximum Gasteiger partial charge on any atom is 0.348 e. The van der Waals surface area contributed by atoms with Crippen LogP contribution in [0.15, 0.2) is 54.6 Å². The second kappa shape index (κ2) is 9.40. The number of halogens is 2. The van der Waals surface area contributed by atoms with Gasteiger partial charge in [0, 0.05) is 15.9 Å². The molecule has 4 rings (SSSR count). The number of nitrogens with one attached hydrogen (secondary N) is 1. The van der Waals surface area contributed by atoms with E-state index < -0.39 is 5.97 Å². The molecule has 0 atom stereocenters. The van der Waals surface area contributed by atoms with E-state index in [1.165, 1.54) is 17.4 Å².